The first-order valence-corrected chi connectivity index (χ1v) is 8.32. The first-order chi connectivity index (χ1) is 10.3. The number of piperidine rings is 1. The summed E-state index contributed by atoms with van der Waals surface area (Å²) in [5, 5.41) is 0. The van der Waals surface area contributed by atoms with Gasteiger partial charge >= 0.3 is 6.09 Å². The minimum Gasteiger partial charge on any atom is -0.444 e. The average Bonchev–Trinajstić information content (AvgIpc) is 2.45. The second-order valence-corrected chi connectivity index (χ2v) is 7.41. The number of ether oxygens (including phenoxy) is 1. The van der Waals surface area contributed by atoms with E-state index in [1.54, 1.807) is 4.90 Å². The number of likely N-dealkylation sites (tertiary alicyclic amines) is 1. The van der Waals surface area contributed by atoms with Crippen LogP contribution >= 0.6 is 0 Å². The Morgan fingerprint density at radius 1 is 1.09 bits per heavy atom. The highest BCUT2D eigenvalue weighted by Crippen LogP contribution is 2.28. The maximum absolute atomic E-state index is 12.5. The lowest BCUT2D eigenvalue weighted by Gasteiger charge is -2.34. The van der Waals surface area contributed by atoms with Crippen LogP contribution in [-0.4, -0.2) is 41.3 Å². The molecule has 5 heteroatoms. The zero-order valence-corrected chi connectivity index (χ0v) is 13.9. The number of Topliss-reactive ketones (excluding diaryl/α,β-unsaturated/α-hetero) is 2. The maximum atomic E-state index is 12.5. The molecule has 0 aromatic rings. The molecule has 1 saturated heterocycles. The van der Waals surface area contributed by atoms with Crippen molar-refractivity contribution in [3.8, 4) is 0 Å². The fourth-order valence-corrected chi connectivity index (χ4v) is 3.24. The SMILES string of the molecule is CC(C)(C)OC(=O)N1CCC(C(=O)[C@@H]2CCCCC2=O)CC1. The number of ketones is 2. The summed E-state index contributed by atoms with van der Waals surface area (Å²) in [5.41, 5.74) is -0.502. The molecule has 1 amide bonds. The third-order valence-corrected chi connectivity index (χ3v) is 4.45. The minimum atomic E-state index is -0.502. The van der Waals surface area contributed by atoms with Crippen molar-refractivity contribution in [3.05, 3.63) is 0 Å². The van der Waals surface area contributed by atoms with Crippen LogP contribution in [0, 0.1) is 11.8 Å². The maximum Gasteiger partial charge on any atom is 0.410 e. The fraction of sp³-hybridized carbons (Fsp3) is 0.824. The van der Waals surface area contributed by atoms with E-state index < -0.39 is 5.60 Å². The molecule has 0 unspecified atom stereocenters. The van der Waals surface area contributed by atoms with Gasteiger partial charge < -0.3 is 9.64 Å². The number of carbonyl (C=O) groups excluding carboxylic acids is 3. The van der Waals surface area contributed by atoms with E-state index in [1.165, 1.54) is 0 Å². The topological polar surface area (TPSA) is 63.7 Å². The Labute approximate surface area is 132 Å². The second kappa shape index (κ2) is 6.80. The Bertz CT molecular complexity index is 444. The van der Waals surface area contributed by atoms with Crippen molar-refractivity contribution in [1.82, 2.24) is 4.90 Å². The molecule has 1 atom stereocenters. The van der Waals surface area contributed by atoms with Crippen LogP contribution in [-0.2, 0) is 14.3 Å². The predicted molar refractivity (Wildman–Crippen MR) is 82.5 cm³/mol. The molecule has 2 aliphatic rings. The fourth-order valence-electron chi connectivity index (χ4n) is 3.24. The Morgan fingerprint density at radius 3 is 2.27 bits per heavy atom. The standard InChI is InChI=1S/C17H27NO4/c1-17(2,3)22-16(21)18-10-8-12(9-11-18)15(20)13-6-4-5-7-14(13)19/h12-13H,4-11H2,1-3H3/t13-/m1/s1. The van der Waals surface area contributed by atoms with Gasteiger partial charge in [0.2, 0.25) is 0 Å². The average molecular weight is 309 g/mol. The molecule has 1 saturated carbocycles. The van der Waals surface area contributed by atoms with Crippen LogP contribution in [0.5, 0.6) is 0 Å². The zero-order valence-electron chi connectivity index (χ0n) is 13.9. The molecule has 0 N–H and O–H groups in total. The lowest BCUT2D eigenvalue weighted by Crippen LogP contribution is -2.44. The first-order valence-electron chi connectivity index (χ1n) is 8.32. The molecule has 2 rings (SSSR count). The van der Waals surface area contributed by atoms with Gasteiger partial charge in [-0.2, -0.15) is 0 Å². The molecule has 2 fully saturated rings. The summed E-state index contributed by atoms with van der Waals surface area (Å²) >= 11 is 0. The molecule has 1 aliphatic heterocycles. The summed E-state index contributed by atoms with van der Waals surface area (Å²) in [7, 11) is 0. The van der Waals surface area contributed by atoms with Gasteiger partial charge in [0.25, 0.3) is 0 Å². The molecule has 0 aromatic carbocycles. The van der Waals surface area contributed by atoms with E-state index in [0.29, 0.717) is 38.8 Å². The Hall–Kier alpha value is -1.39. The van der Waals surface area contributed by atoms with Gasteiger partial charge in [-0.3, -0.25) is 9.59 Å². The summed E-state index contributed by atoms with van der Waals surface area (Å²) in [5.74, 6) is -0.239. The van der Waals surface area contributed by atoms with E-state index in [1.807, 2.05) is 20.8 Å². The quantitative estimate of drug-likeness (QED) is 0.736. The minimum absolute atomic E-state index is 0.0780. The number of hydrogen-bond acceptors (Lipinski definition) is 4. The molecule has 0 aromatic heterocycles. The van der Waals surface area contributed by atoms with Crippen molar-refractivity contribution in [2.24, 2.45) is 11.8 Å². The Morgan fingerprint density at radius 2 is 1.73 bits per heavy atom. The highest BCUT2D eigenvalue weighted by molar-refractivity contribution is 6.03. The van der Waals surface area contributed by atoms with Crippen molar-refractivity contribution in [1.29, 1.82) is 0 Å². The summed E-state index contributed by atoms with van der Waals surface area (Å²) < 4.78 is 5.35. The smallest absolute Gasteiger partial charge is 0.410 e. The monoisotopic (exact) mass is 309 g/mol. The number of nitrogens with zero attached hydrogens (tertiary/aromatic N) is 1. The van der Waals surface area contributed by atoms with E-state index in [4.69, 9.17) is 4.74 Å². The van der Waals surface area contributed by atoms with Crippen molar-refractivity contribution >= 4 is 17.7 Å². The Balaban J connectivity index is 1.85. The van der Waals surface area contributed by atoms with E-state index in [-0.39, 0.29) is 29.5 Å². The lowest BCUT2D eigenvalue weighted by atomic mass is 9.78. The number of rotatable bonds is 2. The largest absolute Gasteiger partial charge is 0.444 e. The molecular weight excluding hydrogens is 282 g/mol. The normalized spacial score (nSPS) is 24.2. The van der Waals surface area contributed by atoms with Gasteiger partial charge in [-0.05, 0) is 46.5 Å². The molecule has 5 nitrogen and oxygen atoms in total. The molecule has 0 spiro atoms. The van der Waals surface area contributed by atoms with Gasteiger partial charge in [0.1, 0.15) is 17.2 Å². The highest BCUT2D eigenvalue weighted by Gasteiger charge is 2.36. The lowest BCUT2D eigenvalue weighted by molar-refractivity contribution is -0.137. The van der Waals surface area contributed by atoms with Gasteiger partial charge in [0.05, 0.1) is 5.92 Å². The summed E-state index contributed by atoms with van der Waals surface area (Å²) in [6, 6.07) is 0. The molecule has 22 heavy (non-hydrogen) atoms. The van der Waals surface area contributed by atoms with Crippen LogP contribution in [0.15, 0.2) is 0 Å². The van der Waals surface area contributed by atoms with E-state index in [2.05, 4.69) is 0 Å². The number of carbonyl (C=O) groups is 3. The van der Waals surface area contributed by atoms with Crippen LogP contribution < -0.4 is 0 Å². The van der Waals surface area contributed by atoms with Crippen LogP contribution in [0.4, 0.5) is 4.79 Å². The van der Waals surface area contributed by atoms with Gasteiger partial charge in [-0.1, -0.05) is 6.42 Å². The molecule has 1 heterocycles. The number of hydrogen-bond donors (Lipinski definition) is 0. The Kier molecular flexibility index (Phi) is 5.24. The van der Waals surface area contributed by atoms with Crippen LogP contribution in [0.25, 0.3) is 0 Å². The van der Waals surface area contributed by atoms with Gasteiger partial charge in [0.15, 0.2) is 0 Å². The second-order valence-electron chi connectivity index (χ2n) is 7.41. The first kappa shape index (κ1) is 17.0. The molecule has 0 bridgehead atoms. The highest BCUT2D eigenvalue weighted by atomic mass is 16.6. The molecular formula is C17H27NO4. The van der Waals surface area contributed by atoms with E-state index in [0.717, 1.165) is 12.8 Å². The van der Waals surface area contributed by atoms with Gasteiger partial charge in [0, 0.05) is 25.4 Å². The van der Waals surface area contributed by atoms with Crippen molar-refractivity contribution in [2.45, 2.75) is 64.9 Å². The molecule has 124 valence electrons. The van der Waals surface area contributed by atoms with Crippen molar-refractivity contribution < 1.29 is 19.1 Å². The third kappa shape index (κ3) is 4.31. The van der Waals surface area contributed by atoms with Crippen LogP contribution in [0.3, 0.4) is 0 Å². The zero-order chi connectivity index (χ0) is 16.3. The van der Waals surface area contributed by atoms with Crippen molar-refractivity contribution in [2.75, 3.05) is 13.1 Å². The van der Waals surface area contributed by atoms with E-state index in [9.17, 15) is 14.4 Å². The van der Waals surface area contributed by atoms with Gasteiger partial charge in [-0.25, -0.2) is 4.79 Å². The van der Waals surface area contributed by atoms with Crippen LogP contribution in [0.1, 0.15) is 59.3 Å². The number of amides is 1. The molecule has 1 aliphatic carbocycles. The molecule has 0 radical (unpaired) electrons. The van der Waals surface area contributed by atoms with E-state index >= 15 is 0 Å². The summed E-state index contributed by atoms with van der Waals surface area (Å²) in [6.07, 6.45) is 4.12. The summed E-state index contributed by atoms with van der Waals surface area (Å²) in [4.78, 5) is 38.1. The van der Waals surface area contributed by atoms with Gasteiger partial charge in [-0.15, -0.1) is 0 Å². The van der Waals surface area contributed by atoms with Crippen LogP contribution in [0.2, 0.25) is 0 Å². The summed E-state index contributed by atoms with van der Waals surface area (Å²) in [6.45, 7) is 6.60. The third-order valence-electron chi connectivity index (χ3n) is 4.45. The predicted octanol–water partition coefficient (Wildman–Crippen LogP) is 2.96. The van der Waals surface area contributed by atoms with Crippen molar-refractivity contribution in [3.63, 3.8) is 0 Å².